The molecule has 0 aromatic heterocycles. The van der Waals surface area contributed by atoms with E-state index in [1.165, 1.54) is 19.3 Å². The van der Waals surface area contributed by atoms with Gasteiger partial charge < -0.3 is 9.26 Å². The highest BCUT2D eigenvalue weighted by molar-refractivity contribution is 7.55. The lowest BCUT2D eigenvalue weighted by molar-refractivity contribution is -0.0806. The number of carbonyl (C=O) groups is 1. The smallest absolute Gasteiger partial charge is 0.200 e. The molecule has 6 rings (SSSR count). The minimum atomic E-state index is -1.25. The van der Waals surface area contributed by atoms with Gasteiger partial charge in [-0.2, -0.15) is 0 Å². The van der Waals surface area contributed by atoms with Gasteiger partial charge in [-0.15, -0.1) is 0 Å². The zero-order valence-corrected chi connectivity index (χ0v) is 22.3. The lowest BCUT2D eigenvalue weighted by atomic mass is 9.71. The summed E-state index contributed by atoms with van der Waals surface area (Å²) in [7, 11) is -1.25. The Kier molecular flexibility index (Phi) is 5.95. The zero-order chi connectivity index (χ0) is 25.0. The Morgan fingerprint density at radius 3 is 2.03 bits per heavy atom. The summed E-state index contributed by atoms with van der Waals surface area (Å²) in [5, 5.41) is -0.813. The van der Waals surface area contributed by atoms with Crippen LogP contribution >= 0.6 is 8.15 Å². The summed E-state index contributed by atoms with van der Waals surface area (Å²) < 4.78 is 14.7. The van der Waals surface area contributed by atoms with E-state index in [0.29, 0.717) is 0 Å². The standard InChI is InChI=1S/C32H35O3P/c1-30(2,3)29-31(23-15-7-4-8-16-23)28(33)26-21-13-14-22-27(26)32(35-31,24-17-9-5-10-18-24)36(29)34-25-19-11-6-12-20-25/h4-5,7-10,13-18,21-22,25,29H,6,11-12,19-20H2,1-3H3/t29-,31+,32+,36+/m1/s1. The van der Waals surface area contributed by atoms with Crippen LogP contribution in [-0.4, -0.2) is 17.5 Å². The third-order valence-corrected chi connectivity index (χ3v) is 11.5. The summed E-state index contributed by atoms with van der Waals surface area (Å²) in [5.74, 6) is 0.0630. The average Bonchev–Trinajstić information content (AvgIpc) is 3.19. The average molecular weight is 499 g/mol. The molecule has 0 radical (unpaired) electrons. The number of hydrogen-bond acceptors (Lipinski definition) is 3. The largest absolute Gasteiger partial charge is 0.352 e. The normalized spacial score (nSPS) is 30.2. The molecule has 1 aliphatic carbocycles. The first-order valence-corrected chi connectivity index (χ1v) is 14.6. The summed E-state index contributed by atoms with van der Waals surface area (Å²) in [6.45, 7) is 6.76. The fraction of sp³-hybridized carbons (Fsp3) is 0.406. The van der Waals surface area contributed by atoms with Gasteiger partial charge in [0.2, 0.25) is 0 Å². The van der Waals surface area contributed by atoms with Gasteiger partial charge >= 0.3 is 0 Å². The van der Waals surface area contributed by atoms with Crippen LogP contribution < -0.4 is 0 Å². The van der Waals surface area contributed by atoms with Crippen LogP contribution in [0.1, 0.15) is 79.9 Å². The molecular weight excluding hydrogens is 463 g/mol. The number of rotatable bonds is 4. The highest BCUT2D eigenvalue weighted by Crippen LogP contribution is 2.80. The maximum atomic E-state index is 14.7. The topological polar surface area (TPSA) is 35.5 Å². The van der Waals surface area contributed by atoms with Gasteiger partial charge in [-0.1, -0.05) is 125 Å². The van der Waals surface area contributed by atoms with Gasteiger partial charge in [0.25, 0.3) is 0 Å². The molecule has 3 aliphatic rings. The van der Waals surface area contributed by atoms with Crippen molar-refractivity contribution in [2.45, 2.75) is 75.6 Å². The quantitative estimate of drug-likeness (QED) is 0.340. The molecule has 2 fully saturated rings. The third kappa shape index (κ3) is 3.47. The van der Waals surface area contributed by atoms with Gasteiger partial charge in [0.1, 0.15) is 0 Å². The predicted molar refractivity (Wildman–Crippen MR) is 145 cm³/mol. The van der Waals surface area contributed by atoms with Crippen molar-refractivity contribution in [1.82, 2.24) is 0 Å². The van der Waals surface area contributed by atoms with E-state index in [0.717, 1.165) is 35.1 Å². The maximum Gasteiger partial charge on any atom is 0.200 e. The molecule has 2 aliphatic heterocycles. The van der Waals surface area contributed by atoms with Gasteiger partial charge in [-0.3, -0.25) is 4.79 Å². The Morgan fingerprint density at radius 2 is 1.39 bits per heavy atom. The molecule has 0 spiro atoms. The van der Waals surface area contributed by atoms with Crippen molar-refractivity contribution in [1.29, 1.82) is 0 Å². The van der Waals surface area contributed by atoms with Crippen molar-refractivity contribution in [3.8, 4) is 0 Å². The lowest BCUT2D eigenvalue weighted by Gasteiger charge is -2.43. The second-order valence-corrected chi connectivity index (χ2v) is 13.6. The van der Waals surface area contributed by atoms with Crippen LogP contribution in [0.15, 0.2) is 84.9 Å². The van der Waals surface area contributed by atoms with Crippen LogP contribution in [-0.2, 0) is 20.2 Å². The van der Waals surface area contributed by atoms with Gasteiger partial charge in [-0.05, 0) is 29.4 Å². The molecule has 1 saturated carbocycles. The number of ketones is 1. The minimum Gasteiger partial charge on any atom is -0.352 e. The van der Waals surface area contributed by atoms with Crippen molar-refractivity contribution in [2.75, 3.05) is 0 Å². The summed E-state index contributed by atoms with van der Waals surface area (Å²) in [5.41, 5.74) is 2.28. The Balaban J connectivity index is 1.69. The molecule has 186 valence electrons. The summed E-state index contributed by atoms with van der Waals surface area (Å²) >= 11 is 0. The van der Waals surface area contributed by atoms with E-state index in [4.69, 9.17) is 9.26 Å². The summed E-state index contributed by atoms with van der Waals surface area (Å²) in [6.07, 6.45) is 6.03. The van der Waals surface area contributed by atoms with Gasteiger partial charge in [-0.25, -0.2) is 0 Å². The number of Topliss-reactive ketones (excluding diaryl/α,β-unsaturated/α-hetero) is 1. The molecule has 4 heteroatoms. The van der Waals surface area contributed by atoms with Crippen molar-refractivity contribution in [3.63, 3.8) is 0 Å². The number of ether oxygens (including phenoxy) is 1. The first kappa shape index (κ1) is 24.0. The van der Waals surface area contributed by atoms with E-state index >= 15 is 0 Å². The SMILES string of the molecule is CC(C)(C)[C@H]1[P@](OC2CCCCC2)[C@]2(c3ccccc3)O[C@@]1(c1ccccc1)C(=O)c1ccccc12. The predicted octanol–water partition coefficient (Wildman–Crippen LogP) is 8.17. The molecule has 0 amide bonds. The Hall–Kier alpha value is -2.32. The molecule has 0 N–H and O–H groups in total. The maximum absolute atomic E-state index is 14.7. The van der Waals surface area contributed by atoms with Crippen molar-refractivity contribution >= 4 is 13.9 Å². The summed E-state index contributed by atoms with van der Waals surface area (Å²) in [6, 6.07) is 28.8. The molecule has 3 nitrogen and oxygen atoms in total. The molecule has 0 unspecified atom stereocenters. The van der Waals surface area contributed by atoms with Crippen LogP contribution in [0, 0.1) is 5.41 Å². The van der Waals surface area contributed by atoms with Crippen LogP contribution in [0.2, 0.25) is 0 Å². The number of carbonyl (C=O) groups excluding carboxylic acids is 1. The monoisotopic (exact) mass is 498 g/mol. The first-order chi connectivity index (χ1) is 17.4. The van der Waals surface area contributed by atoms with Crippen molar-refractivity contribution < 1.29 is 14.1 Å². The molecule has 2 heterocycles. The van der Waals surface area contributed by atoms with E-state index in [2.05, 4.69) is 63.2 Å². The van der Waals surface area contributed by atoms with E-state index in [1.54, 1.807) is 0 Å². The Labute approximate surface area is 216 Å². The van der Waals surface area contributed by atoms with Crippen molar-refractivity contribution in [3.05, 3.63) is 107 Å². The molecule has 3 aromatic carbocycles. The Bertz CT molecular complexity index is 1250. The van der Waals surface area contributed by atoms with E-state index in [1.807, 2.05) is 42.5 Å². The number of hydrogen-bond donors (Lipinski definition) is 0. The second kappa shape index (κ2) is 8.91. The van der Waals surface area contributed by atoms with E-state index in [9.17, 15) is 4.79 Å². The van der Waals surface area contributed by atoms with Gasteiger partial charge in [0, 0.05) is 11.1 Å². The first-order valence-electron chi connectivity index (χ1n) is 13.3. The second-order valence-electron chi connectivity index (χ2n) is 11.5. The molecule has 4 atom stereocenters. The van der Waals surface area contributed by atoms with Gasteiger partial charge in [0.05, 0.1) is 19.9 Å². The zero-order valence-electron chi connectivity index (χ0n) is 21.4. The van der Waals surface area contributed by atoms with Crippen LogP contribution in [0.3, 0.4) is 0 Å². The minimum absolute atomic E-state index is 0.0630. The van der Waals surface area contributed by atoms with Crippen LogP contribution in [0.5, 0.6) is 0 Å². The van der Waals surface area contributed by atoms with E-state index < -0.39 is 19.1 Å². The summed E-state index contributed by atoms with van der Waals surface area (Å²) in [4.78, 5) is 14.7. The van der Waals surface area contributed by atoms with Gasteiger partial charge in [0.15, 0.2) is 16.7 Å². The molecule has 1 saturated heterocycles. The number of benzene rings is 3. The van der Waals surface area contributed by atoms with Crippen LogP contribution in [0.25, 0.3) is 0 Å². The lowest BCUT2D eigenvalue weighted by Crippen LogP contribution is -2.52. The van der Waals surface area contributed by atoms with Crippen LogP contribution in [0.4, 0.5) is 0 Å². The Morgan fingerprint density at radius 1 is 0.806 bits per heavy atom. The van der Waals surface area contributed by atoms with Crippen molar-refractivity contribution in [2.24, 2.45) is 5.41 Å². The highest BCUT2D eigenvalue weighted by atomic mass is 31.1. The molecular formula is C32H35O3P. The molecule has 36 heavy (non-hydrogen) atoms. The van der Waals surface area contributed by atoms with E-state index in [-0.39, 0.29) is 23.0 Å². The highest BCUT2D eigenvalue weighted by Gasteiger charge is 2.74. The number of fused-ring (bicyclic) bond motifs is 4. The molecule has 2 bridgehead atoms. The fourth-order valence-corrected chi connectivity index (χ4v) is 10.3. The third-order valence-electron chi connectivity index (χ3n) is 8.12. The molecule has 3 aromatic rings. The fourth-order valence-electron chi connectivity index (χ4n) is 6.67.